The summed E-state index contributed by atoms with van der Waals surface area (Å²) in [5.41, 5.74) is 1.44. The Morgan fingerprint density at radius 2 is 1.93 bits per heavy atom. The molecular weight excluding hydrogens is 395 g/mol. The summed E-state index contributed by atoms with van der Waals surface area (Å²) >= 11 is 0. The highest BCUT2D eigenvalue weighted by molar-refractivity contribution is 7.92. The van der Waals surface area contributed by atoms with Gasteiger partial charge in [0.15, 0.2) is 5.65 Å². The van der Waals surface area contributed by atoms with Gasteiger partial charge >= 0.3 is 0 Å². The van der Waals surface area contributed by atoms with Crippen LogP contribution in [0.1, 0.15) is 5.56 Å². The third kappa shape index (κ3) is 3.77. The summed E-state index contributed by atoms with van der Waals surface area (Å²) < 4.78 is 48.8. The number of anilines is 1. The molecule has 0 N–H and O–H groups in total. The molecule has 9 heteroatoms. The Morgan fingerprint density at radius 3 is 2.72 bits per heavy atom. The molecule has 0 saturated heterocycles. The normalized spacial score (nSPS) is 11.5. The van der Waals surface area contributed by atoms with E-state index in [0.717, 1.165) is 4.31 Å². The molecule has 0 spiro atoms. The molecule has 0 aliphatic carbocycles. The fourth-order valence-corrected chi connectivity index (χ4v) is 4.42. The lowest BCUT2D eigenvalue weighted by molar-refractivity contribution is 0.414. The van der Waals surface area contributed by atoms with Crippen molar-refractivity contribution in [3.05, 3.63) is 84.6 Å². The Labute approximate surface area is 167 Å². The van der Waals surface area contributed by atoms with Crippen molar-refractivity contribution < 1.29 is 17.5 Å². The van der Waals surface area contributed by atoms with Gasteiger partial charge in [-0.2, -0.15) is 0 Å². The number of halogens is 1. The van der Waals surface area contributed by atoms with Crippen LogP contribution in [0.2, 0.25) is 0 Å². The molecule has 0 radical (unpaired) electrons. The van der Waals surface area contributed by atoms with E-state index in [1.54, 1.807) is 36.4 Å². The fraction of sp³-hybridized carbons (Fsp3) is 0.100. The van der Waals surface area contributed by atoms with Gasteiger partial charge in [-0.1, -0.05) is 18.2 Å². The summed E-state index contributed by atoms with van der Waals surface area (Å²) in [6.45, 7) is 0.00318. The zero-order valence-electron chi connectivity index (χ0n) is 15.4. The van der Waals surface area contributed by atoms with Crippen molar-refractivity contribution in [3.63, 3.8) is 0 Å². The van der Waals surface area contributed by atoms with Gasteiger partial charge in [0.2, 0.25) is 0 Å². The first-order valence-electron chi connectivity index (χ1n) is 8.68. The van der Waals surface area contributed by atoms with Gasteiger partial charge in [0.25, 0.3) is 10.0 Å². The second kappa shape index (κ2) is 7.51. The van der Waals surface area contributed by atoms with Crippen LogP contribution < -0.4 is 9.04 Å². The van der Waals surface area contributed by atoms with Crippen LogP contribution in [-0.4, -0.2) is 30.1 Å². The number of pyridine rings is 1. The van der Waals surface area contributed by atoms with Gasteiger partial charge in [0.05, 0.1) is 19.3 Å². The molecule has 0 bridgehead atoms. The average Bonchev–Trinajstić information content (AvgIpc) is 3.20. The molecule has 29 heavy (non-hydrogen) atoms. The van der Waals surface area contributed by atoms with E-state index in [0.29, 0.717) is 17.0 Å². The number of ether oxygens (including phenoxy) is 1. The second-order valence-corrected chi connectivity index (χ2v) is 8.17. The maximum Gasteiger partial charge on any atom is 0.266 e. The first-order valence-corrected chi connectivity index (χ1v) is 10.1. The zero-order chi connectivity index (χ0) is 20.4. The summed E-state index contributed by atoms with van der Waals surface area (Å²) in [6, 6.07) is 15.6. The summed E-state index contributed by atoms with van der Waals surface area (Å²) in [5.74, 6) is 0.0765. The summed E-state index contributed by atoms with van der Waals surface area (Å²) in [7, 11) is -2.47. The van der Waals surface area contributed by atoms with E-state index in [1.807, 2.05) is 0 Å². The van der Waals surface area contributed by atoms with Gasteiger partial charge in [0.1, 0.15) is 22.8 Å². The summed E-state index contributed by atoms with van der Waals surface area (Å²) in [4.78, 5) is 0.0388. The van der Waals surface area contributed by atoms with Crippen LogP contribution >= 0.6 is 0 Å². The van der Waals surface area contributed by atoms with Gasteiger partial charge < -0.3 is 4.74 Å². The van der Waals surface area contributed by atoms with Crippen molar-refractivity contribution in [2.24, 2.45) is 0 Å². The molecule has 0 fully saturated rings. The van der Waals surface area contributed by atoms with Crippen molar-refractivity contribution in [2.75, 3.05) is 11.4 Å². The van der Waals surface area contributed by atoms with Crippen LogP contribution in [0.4, 0.5) is 10.1 Å². The largest absolute Gasteiger partial charge is 0.497 e. The number of aromatic nitrogens is 3. The number of hydrogen-bond donors (Lipinski definition) is 0. The maximum atomic E-state index is 13.9. The molecule has 4 rings (SSSR count). The zero-order valence-corrected chi connectivity index (χ0v) is 16.3. The quantitative estimate of drug-likeness (QED) is 0.486. The minimum Gasteiger partial charge on any atom is -0.497 e. The van der Waals surface area contributed by atoms with Gasteiger partial charge in [-0.25, -0.2) is 12.8 Å². The molecule has 0 amide bonds. The minimum absolute atomic E-state index is 0.00318. The third-order valence-electron chi connectivity index (χ3n) is 4.41. The van der Waals surface area contributed by atoms with E-state index in [-0.39, 0.29) is 17.1 Å². The number of methoxy groups -OCH3 is 1. The molecule has 0 unspecified atom stereocenters. The van der Waals surface area contributed by atoms with E-state index in [9.17, 15) is 12.8 Å². The van der Waals surface area contributed by atoms with Crippen LogP contribution in [0, 0.1) is 5.82 Å². The molecule has 0 aliphatic heterocycles. The minimum atomic E-state index is -4.01. The number of hydrogen-bond acceptors (Lipinski definition) is 5. The molecule has 2 aromatic carbocycles. The molecule has 148 valence electrons. The number of nitrogens with zero attached hydrogens (tertiary/aromatic N) is 4. The van der Waals surface area contributed by atoms with E-state index in [2.05, 4.69) is 10.2 Å². The van der Waals surface area contributed by atoms with Crippen molar-refractivity contribution in [2.45, 2.75) is 11.4 Å². The second-order valence-electron chi connectivity index (χ2n) is 6.30. The molecule has 7 nitrogen and oxygen atoms in total. The lowest BCUT2D eigenvalue weighted by Crippen LogP contribution is -2.30. The number of sulfonamides is 1. The molecule has 0 atom stereocenters. The molecule has 2 aromatic heterocycles. The van der Waals surface area contributed by atoms with Gasteiger partial charge in [-0.15, -0.1) is 10.2 Å². The number of benzene rings is 2. The molecule has 2 heterocycles. The first kappa shape index (κ1) is 18.9. The van der Waals surface area contributed by atoms with Crippen LogP contribution in [0.15, 0.2) is 78.1 Å². The van der Waals surface area contributed by atoms with Gasteiger partial charge in [0, 0.05) is 6.20 Å². The molecule has 4 aromatic rings. The van der Waals surface area contributed by atoms with Crippen molar-refractivity contribution in [1.82, 2.24) is 14.6 Å². The molecule has 0 saturated carbocycles. The monoisotopic (exact) mass is 412 g/mol. The van der Waals surface area contributed by atoms with Crippen LogP contribution in [0.5, 0.6) is 5.75 Å². The molecule has 0 aliphatic rings. The van der Waals surface area contributed by atoms with E-state index < -0.39 is 15.8 Å². The van der Waals surface area contributed by atoms with Crippen molar-refractivity contribution in [3.8, 4) is 5.75 Å². The van der Waals surface area contributed by atoms with Crippen LogP contribution in [0.25, 0.3) is 5.65 Å². The standard InChI is InChI=1S/C20H17FN4O3S/c1-28-18-7-2-4-15(10-18)12-25(17-6-3-5-16(21)11-17)29(26,27)19-8-9-20-23-22-14-24(20)13-19/h2-11,13-14H,12H2,1H3. The van der Waals surface area contributed by atoms with Gasteiger partial charge in [-0.05, 0) is 48.0 Å². The Balaban J connectivity index is 1.81. The van der Waals surface area contributed by atoms with E-state index >= 15 is 0 Å². The van der Waals surface area contributed by atoms with Crippen LogP contribution in [-0.2, 0) is 16.6 Å². The highest BCUT2D eigenvalue weighted by Gasteiger charge is 2.26. The summed E-state index contributed by atoms with van der Waals surface area (Å²) in [5, 5.41) is 7.65. The third-order valence-corrected chi connectivity index (χ3v) is 6.17. The van der Waals surface area contributed by atoms with Crippen LogP contribution in [0.3, 0.4) is 0 Å². The number of rotatable bonds is 6. The Kier molecular flexibility index (Phi) is 4.89. The smallest absolute Gasteiger partial charge is 0.266 e. The predicted octanol–water partition coefficient (Wildman–Crippen LogP) is 3.27. The van der Waals surface area contributed by atoms with E-state index in [1.165, 1.54) is 48.3 Å². The first-order chi connectivity index (χ1) is 14.0. The average molecular weight is 412 g/mol. The lowest BCUT2D eigenvalue weighted by atomic mass is 10.2. The van der Waals surface area contributed by atoms with Gasteiger partial charge in [-0.3, -0.25) is 8.71 Å². The Hall–Kier alpha value is -3.46. The predicted molar refractivity (Wildman–Crippen MR) is 106 cm³/mol. The summed E-state index contributed by atoms with van der Waals surface area (Å²) in [6.07, 6.45) is 2.85. The Bertz CT molecular complexity index is 1270. The fourth-order valence-electron chi connectivity index (χ4n) is 2.97. The van der Waals surface area contributed by atoms with Crippen molar-refractivity contribution >= 4 is 21.4 Å². The topological polar surface area (TPSA) is 76.8 Å². The van der Waals surface area contributed by atoms with E-state index in [4.69, 9.17) is 4.74 Å². The highest BCUT2D eigenvalue weighted by Crippen LogP contribution is 2.27. The maximum absolute atomic E-state index is 13.9. The Morgan fingerprint density at radius 1 is 1.10 bits per heavy atom. The highest BCUT2D eigenvalue weighted by atomic mass is 32.2. The van der Waals surface area contributed by atoms with Crippen molar-refractivity contribution in [1.29, 1.82) is 0 Å². The SMILES string of the molecule is COc1cccc(CN(c2cccc(F)c2)S(=O)(=O)c2ccc3nncn3c2)c1. The lowest BCUT2D eigenvalue weighted by Gasteiger charge is -2.25. The number of fused-ring (bicyclic) bond motifs is 1. The molecular formula is C20H17FN4O3S.